The standard InChI is InChI=1S/C17H17N4O/c1-4-16-17(12(3)22)19-20-21(16)11(2)13-7-8-15-14(10-13)6-5-9-18-15/h6-11H,4H2,1-3H3/q+1. The fourth-order valence-electron chi connectivity index (χ4n) is 2.67. The van der Waals surface area contributed by atoms with Crippen molar-refractivity contribution in [3.63, 3.8) is 0 Å². The molecule has 0 bridgehead atoms. The van der Waals surface area contributed by atoms with Gasteiger partial charge in [-0.1, -0.05) is 18.2 Å². The zero-order valence-corrected chi connectivity index (χ0v) is 12.9. The zero-order valence-electron chi connectivity index (χ0n) is 12.9. The highest BCUT2D eigenvalue weighted by atomic mass is 16.1. The number of benzene rings is 1. The van der Waals surface area contributed by atoms with Crippen molar-refractivity contribution in [2.45, 2.75) is 33.2 Å². The van der Waals surface area contributed by atoms with Crippen LogP contribution in [-0.4, -0.2) is 27.0 Å². The minimum Gasteiger partial charge on any atom is -0.293 e. The number of aliphatic imine (C=N–C) groups is 1. The van der Waals surface area contributed by atoms with E-state index in [1.165, 1.54) is 6.92 Å². The summed E-state index contributed by atoms with van der Waals surface area (Å²) in [4.78, 5) is 15.9. The van der Waals surface area contributed by atoms with E-state index in [4.69, 9.17) is 0 Å². The summed E-state index contributed by atoms with van der Waals surface area (Å²) < 4.78 is 1.83. The van der Waals surface area contributed by atoms with Gasteiger partial charge in [-0.05, 0) is 25.0 Å². The molecular formula is C17H17N4O+. The molecule has 0 N–H and O–H groups in total. The van der Waals surface area contributed by atoms with Gasteiger partial charge in [-0.25, -0.2) is 9.67 Å². The SMILES string of the molecule is CCc1c(C(C)=O)nnn1C(C)c1ccc2c(c1)C=[C+]C=N2. The van der Waals surface area contributed by atoms with Crippen LogP contribution < -0.4 is 0 Å². The largest absolute Gasteiger partial charge is 0.293 e. The molecule has 0 amide bonds. The van der Waals surface area contributed by atoms with Crippen molar-refractivity contribution in [3.8, 4) is 0 Å². The van der Waals surface area contributed by atoms with Crippen LogP contribution in [-0.2, 0) is 6.42 Å². The molecule has 0 aliphatic carbocycles. The Morgan fingerprint density at radius 3 is 2.95 bits per heavy atom. The van der Waals surface area contributed by atoms with Crippen LogP contribution in [0.4, 0.5) is 5.69 Å². The molecule has 2 heterocycles. The third-order valence-corrected chi connectivity index (χ3v) is 3.88. The minimum atomic E-state index is -0.0485. The molecule has 0 radical (unpaired) electrons. The normalized spacial score (nSPS) is 13.6. The summed E-state index contributed by atoms with van der Waals surface area (Å²) >= 11 is 0. The van der Waals surface area contributed by atoms with Crippen LogP contribution in [0.5, 0.6) is 0 Å². The lowest BCUT2D eigenvalue weighted by Crippen LogP contribution is -2.13. The Labute approximate surface area is 129 Å². The van der Waals surface area contributed by atoms with E-state index in [1.807, 2.05) is 29.8 Å². The Bertz CT molecular complexity index is 786. The Balaban J connectivity index is 2.01. The second-order valence-electron chi connectivity index (χ2n) is 5.30. The molecular weight excluding hydrogens is 276 g/mol. The smallest absolute Gasteiger partial charge is 0.181 e. The number of ketones is 1. The maximum absolute atomic E-state index is 11.6. The van der Waals surface area contributed by atoms with E-state index >= 15 is 0 Å². The third kappa shape index (κ3) is 2.36. The number of rotatable bonds is 4. The lowest BCUT2D eigenvalue weighted by atomic mass is 10.0. The summed E-state index contributed by atoms with van der Waals surface area (Å²) in [6.07, 6.45) is 7.29. The minimum absolute atomic E-state index is 0.000145. The molecule has 3 rings (SSSR count). The summed E-state index contributed by atoms with van der Waals surface area (Å²) in [7, 11) is 0. The predicted molar refractivity (Wildman–Crippen MR) is 85.5 cm³/mol. The number of aromatic nitrogens is 3. The fourth-order valence-corrected chi connectivity index (χ4v) is 2.67. The molecule has 22 heavy (non-hydrogen) atoms. The fraction of sp³-hybridized carbons (Fsp3) is 0.294. The molecule has 1 aromatic heterocycles. The number of hydrogen-bond acceptors (Lipinski definition) is 4. The zero-order chi connectivity index (χ0) is 15.7. The summed E-state index contributed by atoms with van der Waals surface area (Å²) in [5.74, 6) is -0.0485. The van der Waals surface area contributed by atoms with E-state index in [1.54, 1.807) is 6.21 Å². The number of nitrogens with zero attached hydrogens (tertiary/aromatic N) is 4. The highest BCUT2D eigenvalue weighted by molar-refractivity contribution is 5.93. The lowest BCUT2D eigenvalue weighted by Gasteiger charge is -2.14. The van der Waals surface area contributed by atoms with Gasteiger partial charge in [0.05, 0.1) is 11.7 Å². The van der Waals surface area contributed by atoms with Gasteiger partial charge in [0.25, 0.3) is 0 Å². The average molecular weight is 293 g/mol. The first-order valence-corrected chi connectivity index (χ1v) is 7.32. The number of carbonyl (C=O) groups excluding carboxylic acids is 1. The third-order valence-electron chi connectivity index (χ3n) is 3.88. The number of fused-ring (bicyclic) bond motifs is 1. The van der Waals surface area contributed by atoms with Gasteiger partial charge >= 0.3 is 0 Å². The summed E-state index contributed by atoms with van der Waals surface area (Å²) in [5.41, 5.74) is 4.41. The number of hydrogen-bond donors (Lipinski definition) is 0. The van der Waals surface area contributed by atoms with E-state index in [0.717, 1.165) is 28.9 Å². The number of Topliss-reactive ketones (excluding diaryl/α,β-unsaturated/α-hetero) is 1. The number of allylic oxidation sites excluding steroid dienone is 1. The van der Waals surface area contributed by atoms with Gasteiger partial charge in [-0.2, -0.15) is 0 Å². The van der Waals surface area contributed by atoms with Crippen LogP contribution >= 0.6 is 0 Å². The molecule has 1 atom stereocenters. The molecule has 5 heteroatoms. The van der Waals surface area contributed by atoms with Crippen molar-refractivity contribution >= 4 is 23.8 Å². The van der Waals surface area contributed by atoms with E-state index < -0.39 is 0 Å². The number of carbonyl (C=O) groups is 1. The molecule has 110 valence electrons. The second-order valence-corrected chi connectivity index (χ2v) is 5.30. The second kappa shape index (κ2) is 5.62. The van der Waals surface area contributed by atoms with Gasteiger partial charge in [-0.3, -0.25) is 4.79 Å². The molecule has 1 unspecified atom stereocenters. The van der Waals surface area contributed by atoms with Crippen molar-refractivity contribution in [1.29, 1.82) is 0 Å². The van der Waals surface area contributed by atoms with Crippen molar-refractivity contribution in [1.82, 2.24) is 15.0 Å². The van der Waals surface area contributed by atoms with Crippen LogP contribution in [0.2, 0.25) is 0 Å². The lowest BCUT2D eigenvalue weighted by molar-refractivity contribution is 0.101. The molecule has 0 fully saturated rings. The molecule has 5 nitrogen and oxygen atoms in total. The van der Waals surface area contributed by atoms with E-state index in [-0.39, 0.29) is 11.8 Å². The molecule has 0 saturated carbocycles. The first-order chi connectivity index (χ1) is 10.6. The molecule has 0 spiro atoms. The van der Waals surface area contributed by atoms with Crippen LogP contribution in [0.1, 0.15) is 54.1 Å². The first kappa shape index (κ1) is 14.3. The summed E-state index contributed by atoms with van der Waals surface area (Å²) in [6, 6.07) is 6.11. The highest BCUT2D eigenvalue weighted by Crippen LogP contribution is 2.28. The Kier molecular flexibility index (Phi) is 3.65. The van der Waals surface area contributed by atoms with E-state index in [2.05, 4.69) is 34.4 Å². The van der Waals surface area contributed by atoms with Crippen molar-refractivity contribution < 1.29 is 4.79 Å². The van der Waals surface area contributed by atoms with E-state index in [0.29, 0.717) is 5.69 Å². The van der Waals surface area contributed by atoms with Gasteiger partial charge in [0.15, 0.2) is 29.5 Å². The Hall–Kier alpha value is -2.65. The monoisotopic (exact) mass is 293 g/mol. The van der Waals surface area contributed by atoms with E-state index in [9.17, 15) is 4.79 Å². The average Bonchev–Trinajstić information content (AvgIpc) is 2.97. The Morgan fingerprint density at radius 1 is 1.41 bits per heavy atom. The molecule has 1 aliphatic rings. The van der Waals surface area contributed by atoms with Crippen LogP contribution in [0.25, 0.3) is 6.08 Å². The van der Waals surface area contributed by atoms with Crippen LogP contribution in [0.15, 0.2) is 23.2 Å². The molecule has 0 saturated heterocycles. The van der Waals surface area contributed by atoms with Gasteiger partial charge < -0.3 is 0 Å². The summed E-state index contributed by atoms with van der Waals surface area (Å²) in [6.45, 7) is 5.59. The van der Waals surface area contributed by atoms with Crippen LogP contribution in [0.3, 0.4) is 0 Å². The Morgan fingerprint density at radius 2 is 2.23 bits per heavy atom. The first-order valence-electron chi connectivity index (χ1n) is 7.32. The van der Waals surface area contributed by atoms with Crippen molar-refractivity contribution in [2.24, 2.45) is 4.99 Å². The summed E-state index contributed by atoms with van der Waals surface area (Å²) in [5, 5.41) is 8.23. The van der Waals surface area contributed by atoms with Crippen molar-refractivity contribution in [2.75, 3.05) is 0 Å². The van der Waals surface area contributed by atoms with Crippen molar-refractivity contribution in [3.05, 3.63) is 46.8 Å². The van der Waals surface area contributed by atoms with Crippen LogP contribution in [0, 0.1) is 6.08 Å². The van der Waals surface area contributed by atoms with Gasteiger partial charge in [0, 0.05) is 13.0 Å². The van der Waals surface area contributed by atoms with Gasteiger partial charge in [0.2, 0.25) is 0 Å². The maximum atomic E-state index is 11.6. The van der Waals surface area contributed by atoms with Gasteiger partial charge in [-0.15, -0.1) is 5.10 Å². The molecule has 1 aromatic carbocycles. The highest BCUT2D eigenvalue weighted by Gasteiger charge is 2.21. The molecule has 1 aliphatic heterocycles. The predicted octanol–water partition coefficient (Wildman–Crippen LogP) is 3.18. The quantitative estimate of drug-likeness (QED) is 0.642. The van der Waals surface area contributed by atoms with Gasteiger partial charge in [0.1, 0.15) is 11.6 Å². The maximum Gasteiger partial charge on any atom is 0.181 e. The molecule has 2 aromatic rings. The topological polar surface area (TPSA) is 60.1 Å².